The van der Waals surface area contributed by atoms with E-state index in [1.807, 2.05) is 0 Å². The Labute approximate surface area is 97.9 Å². The molecule has 0 aliphatic heterocycles. The molecular formula is C8H7F3N2O5. The monoisotopic (exact) mass is 268 g/mol. The van der Waals surface area contributed by atoms with E-state index in [1.165, 1.54) is 0 Å². The molecule has 1 rings (SSSR count). The average molecular weight is 268 g/mol. The predicted octanol–water partition coefficient (Wildman–Crippen LogP) is 1.39. The van der Waals surface area contributed by atoms with Gasteiger partial charge in [0, 0.05) is 0 Å². The SMILES string of the molecule is COc1cc(OC(F)(F)F)c([N+](=O)[O-])c(CO)n1. The second-order valence-electron chi connectivity index (χ2n) is 2.92. The van der Waals surface area contributed by atoms with Gasteiger partial charge in [0.25, 0.3) is 0 Å². The largest absolute Gasteiger partial charge is 0.573 e. The highest BCUT2D eigenvalue weighted by Gasteiger charge is 2.36. The molecule has 1 N–H and O–H groups in total. The fourth-order valence-electron chi connectivity index (χ4n) is 1.15. The number of nitrogens with zero attached hydrogens (tertiary/aromatic N) is 2. The highest BCUT2D eigenvalue weighted by molar-refractivity contribution is 5.52. The highest BCUT2D eigenvalue weighted by Crippen LogP contribution is 2.36. The third-order valence-corrected chi connectivity index (χ3v) is 1.77. The molecule has 0 saturated carbocycles. The number of ether oxygens (including phenoxy) is 2. The maximum atomic E-state index is 12.1. The number of aliphatic hydroxyl groups excluding tert-OH is 1. The van der Waals surface area contributed by atoms with E-state index < -0.39 is 35.0 Å². The second-order valence-corrected chi connectivity index (χ2v) is 2.92. The first kappa shape index (κ1) is 14.0. The van der Waals surface area contributed by atoms with Crippen molar-refractivity contribution in [3.05, 3.63) is 21.9 Å². The first-order valence-electron chi connectivity index (χ1n) is 4.37. The summed E-state index contributed by atoms with van der Waals surface area (Å²) in [5, 5.41) is 19.5. The third-order valence-electron chi connectivity index (χ3n) is 1.77. The number of rotatable bonds is 4. The summed E-state index contributed by atoms with van der Waals surface area (Å²) in [5.74, 6) is -1.44. The van der Waals surface area contributed by atoms with Gasteiger partial charge >= 0.3 is 12.0 Å². The maximum absolute atomic E-state index is 12.1. The Morgan fingerprint density at radius 3 is 2.56 bits per heavy atom. The van der Waals surface area contributed by atoms with E-state index in [0.717, 1.165) is 7.11 Å². The lowest BCUT2D eigenvalue weighted by atomic mass is 10.3. The summed E-state index contributed by atoms with van der Waals surface area (Å²) in [6.45, 7) is -0.929. The quantitative estimate of drug-likeness (QED) is 0.655. The van der Waals surface area contributed by atoms with Crippen LogP contribution in [0.4, 0.5) is 18.9 Å². The molecular weight excluding hydrogens is 261 g/mol. The first-order valence-corrected chi connectivity index (χ1v) is 4.37. The molecule has 0 atom stereocenters. The number of hydrogen-bond acceptors (Lipinski definition) is 6. The molecule has 0 spiro atoms. The molecule has 0 bridgehead atoms. The summed E-state index contributed by atoms with van der Waals surface area (Å²) in [6.07, 6.45) is -5.11. The van der Waals surface area contributed by atoms with E-state index in [4.69, 9.17) is 5.11 Å². The fourth-order valence-corrected chi connectivity index (χ4v) is 1.15. The molecule has 0 radical (unpaired) electrons. The highest BCUT2D eigenvalue weighted by atomic mass is 19.4. The van der Waals surface area contributed by atoms with Gasteiger partial charge in [0.2, 0.25) is 11.6 Å². The van der Waals surface area contributed by atoms with Gasteiger partial charge < -0.3 is 14.6 Å². The van der Waals surface area contributed by atoms with Crippen LogP contribution in [0.2, 0.25) is 0 Å². The lowest BCUT2D eigenvalue weighted by Crippen LogP contribution is -2.18. The van der Waals surface area contributed by atoms with Crippen molar-refractivity contribution in [3.63, 3.8) is 0 Å². The molecule has 1 heterocycles. The van der Waals surface area contributed by atoms with Gasteiger partial charge in [0.15, 0.2) is 5.69 Å². The first-order chi connectivity index (χ1) is 8.28. The van der Waals surface area contributed by atoms with Crippen LogP contribution < -0.4 is 9.47 Å². The molecule has 7 nitrogen and oxygen atoms in total. The lowest BCUT2D eigenvalue weighted by molar-refractivity contribution is -0.390. The molecule has 100 valence electrons. The number of pyridine rings is 1. The number of alkyl halides is 3. The topological polar surface area (TPSA) is 94.7 Å². The molecule has 0 aliphatic carbocycles. The summed E-state index contributed by atoms with van der Waals surface area (Å²) in [7, 11) is 1.10. The van der Waals surface area contributed by atoms with Crippen LogP contribution in [0, 0.1) is 10.1 Å². The summed E-state index contributed by atoms with van der Waals surface area (Å²) in [4.78, 5) is 13.0. The van der Waals surface area contributed by atoms with Crippen LogP contribution in [-0.4, -0.2) is 28.5 Å². The Hall–Kier alpha value is -2.10. The molecule has 0 amide bonds. The molecule has 0 aliphatic rings. The van der Waals surface area contributed by atoms with Crippen molar-refractivity contribution in [1.82, 2.24) is 4.98 Å². The van der Waals surface area contributed by atoms with Gasteiger partial charge in [-0.3, -0.25) is 10.1 Å². The molecule has 0 aromatic carbocycles. The van der Waals surface area contributed by atoms with Crippen LogP contribution in [0.25, 0.3) is 0 Å². The summed E-state index contributed by atoms with van der Waals surface area (Å²) < 4.78 is 44.3. The minimum absolute atomic E-state index is 0.344. The van der Waals surface area contributed by atoms with E-state index >= 15 is 0 Å². The van der Waals surface area contributed by atoms with Crippen LogP contribution in [0.3, 0.4) is 0 Å². The number of halogens is 3. The average Bonchev–Trinajstić information content (AvgIpc) is 2.25. The Morgan fingerprint density at radius 2 is 2.17 bits per heavy atom. The van der Waals surface area contributed by atoms with Crippen LogP contribution in [0.1, 0.15) is 5.69 Å². The van der Waals surface area contributed by atoms with Crippen molar-refractivity contribution in [2.45, 2.75) is 13.0 Å². The molecule has 1 aromatic heterocycles. The van der Waals surface area contributed by atoms with Gasteiger partial charge in [-0.15, -0.1) is 13.2 Å². The normalized spacial score (nSPS) is 11.2. The molecule has 0 fully saturated rings. The number of nitro groups is 1. The van der Waals surface area contributed by atoms with Crippen molar-refractivity contribution in [3.8, 4) is 11.6 Å². The van der Waals surface area contributed by atoms with Crippen molar-refractivity contribution in [2.75, 3.05) is 7.11 Å². The second kappa shape index (κ2) is 5.04. The molecule has 10 heteroatoms. The third kappa shape index (κ3) is 3.20. The van der Waals surface area contributed by atoms with Crippen molar-refractivity contribution in [1.29, 1.82) is 0 Å². The number of aliphatic hydroxyl groups is 1. The predicted molar refractivity (Wildman–Crippen MR) is 50.0 cm³/mol. The summed E-state index contributed by atoms with van der Waals surface area (Å²) >= 11 is 0. The number of methoxy groups -OCH3 is 1. The molecule has 18 heavy (non-hydrogen) atoms. The Morgan fingerprint density at radius 1 is 1.56 bits per heavy atom. The Kier molecular flexibility index (Phi) is 3.91. The van der Waals surface area contributed by atoms with Gasteiger partial charge in [-0.25, -0.2) is 4.98 Å². The van der Waals surface area contributed by atoms with E-state index in [-0.39, 0.29) is 5.88 Å². The van der Waals surface area contributed by atoms with Gasteiger partial charge in [0.05, 0.1) is 24.7 Å². The van der Waals surface area contributed by atoms with Crippen LogP contribution in [-0.2, 0) is 6.61 Å². The van der Waals surface area contributed by atoms with Crippen molar-refractivity contribution >= 4 is 5.69 Å². The van der Waals surface area contributed by atoms with E-state index in [1.54, 1.807) is 0 Å². The van der Waals surface area contributed by atoms with E-state index in [9.17, 15) is 23.3 Å². The minimum atomic E-state index is -5.11. The van der Waals surface area contributed by atoms with Crippen molar-refractivity contribution in [2.24, 2.45) is 0 Å². The Balaban J connectivity index is 3.39. The molecule has 0 saturated heterocycles. The summed E-state index contributed by atoms with van der Waals surface area (Å²) in [6, 6.07) is 0.616. The van der Waals surface area contributed by atoms with Gasteiger partial charge in [-0.05, 0) is 0 Å². The van der Waals surface area contributed by atoms with Crippen LogP contribution in [0.15, 0.2) is 6.07 Å². The van der Waals surface area contributed by atoms with Crippen molar-refractivity contribution < 1.29 is 32.7 Å². The molecule has 0 unspecified atom stereocenters. The van der Waals surface area contributed by atoms with E-state index in [2.05, 4.69) is 14.5 Å². The smallest absolute Gasteiger partial charge is 0.481 e. The van der Waals surface area contributed by atoms with E-state index in [0.29, 0.717) is 6.07 Å². The van der Waals surface area contributed by atoms with Gasteiger partial charge in [-0.1, -0.05) is 0 Å². The van der Waals surface area contributed by atoms with Crippen LogP contribution >= 0.6 is 0 Å². The Bertz CT molecular complexity index is 463. The fraction of sp³-hybridized carbons (Fsp3) is 0.375. The molecule has 1 aromatic rings. The van der Waals surface area contributed by atoms with Gasteiger partial charge in [0.1, 0.15) is 0 Å². The minimum Gasteiger partial charge on any atom is -0.481 e. The number of aromatic nitrogens is 1. The maximum Gasteiger partial charge on any atom is 0.573 e. The zero-order valence-corrected chi connectivity index (χ0v) is 8.89. The standard InChI is InChI=1S/C8H7F3N2O5/c1-17-6-2-5(18-8(9,10)11)7(13(15)16)4(3-14)12-6/h2,14H,3H2,1H3. The number of hydrogen-bond donors (Lipinski definition) is 1. The van der Waals surface area contributed by atoms with Gasteiger partial charge in [-0.2, -0.15) is 0 Å². The summed E-state index contributed by atoms with van der Waals surface area (Å²) in [5.41, 5.74) is -1.64. The lowest BCUT2D eigenvalue weighted by Gasteiger charge is -2.11. The zero-order valence-electron chi connectivity index (χ0n) is 8.89. The zero-order chi connectivity index (χ0) is 13.9. The van der Waals surface area contributed by atoms with Crippen LogP contribution in [0.5, 0.6) is 11.6 Å².